The van der Waals surface area contributed by atoms with E-state index in [0.717, 1.165) is 11.1 Å². The van der Waals surface area contributed by atoms with E-state index in [1.807, 2.05) is 32.0 Å². The van der Waals surface area contributed by atoms with Gasteiger partial charge in [-0.15, -0.1) is 0 Å². The molecule has 0 aliphatic heterocycles. The van der Waals surface area contributed by atoms with Gasteiger partial charge in [-0.2, -0.15) is 0 Å². The average molecular weight is 271 g/mol. The molecule has 0 fully saturated rings. The number of aromatic hydroxyl groups is 1. The standard InChI is InChI=1S/C16H17NO3/c1-10-7-8-12(9-11(10)2)17-16(19)15-13(18)5-4-6-14(15)20-3/h4-9,18H,1-3H3,(H,17,19). The lowest BCUT2D eigenvalue weighted by molar-refractivity contribution is 0.102. The molecule has 0 aliphatic carbocycles. The highest BCUT2D eigenvalue weighted by Gasteiger charge is 2.17. The van der Waals surface area contributed by atoms with Gasteiger partial charge in [0.05, 0.1) is 7.11 Å². The first-order chi connectivity index (χ1) is 9.52. The molecule has 20 heavy (non-hydrogen) atoms. The third-order valence-corrected chi connectivity index (χ3v) is 3.22. The van der Waals surface area contributed by atoms with Gasteiger partial charge in [0, 0.05) is 5.69 Å². The number of phenols is 1. The number of phenolic OH excluding ortho intramolecular Hbond substituents is 1. The van der Waals surface area contributed by atoms with Crippen molar-refractivity contribution in [3.63, 3.8) is 0 Å². The zero-order valence-electron chi connectivity index (χ0n) is 11.7. The Morgan fingerprint density at radius 2 is 1.90 bits per heavy atom. The van der Waals surface area contributed by atoms with E-state index in [2.05, 4.69) is 5.32 Å². The van der Waals surface area contributed by atoms with E-state index in [1.165, 1.54) is 13.2 Å². The lowest BCUT2D eigenvalue weighted by Crippen LogP contribution is -2.13. The van der Waals surface area contributed by atoms with Gasteiger partial charge >= 0.3 is 0 Å². The summed E-state index contributed by atoms with van der Waals surface area (Å²) in [5, 5.41) is 12.6. The summed E-state index contributed by atoms with van der Waals surface area (Å²) in [6.45, 7) is 3.98. The fourth-order valence-electron chi connectivity index (χ4n) is 1.93. The predicted octanol–water partition coefficient (Wildman–Crippen LogP) is 3.27. The molecule has 0 heterocycles. The molecule has 0 saturated heterocycles. The average Bonchev–Trinajstić information content (AvgIpc) is 2.42. The second-order valence-corrected chi connectivity index (χ2v) is 4.61. The van der Waals surface area contributed by atoms with Crippen LogP contribution in [-0.2, 0) is 0 Å². The van der Waals surface area contributed by atoms with Gasteiger partial charge in [0.1, 0.15) is 17.1 Å². The zero-order valence-corrected chi connectivity index (χ0v) is 11.7. The summed E-state index contributed by atoms with van der Waals surface area (Å²) in [5.74, 6) is -0.166. The van der Waals surface area contributed by atoms with Crippen LogP contribution in [0.4, 0.5) is 5.69 Å². The number of carbonyl (C=O) groups excluding carboxylic acids is 1. The number of aryl methyl sites for hydroxylation is 2. The molecular formula is C16H17NO3. The molecule has 1 amide bonds. The van der Waals surface area contributed by atoms with E-state index in [1.54, 1.807) is 12.1 Å². The SMILES string of the molecule is COc1cccc(O)c1C(=O)Nc1ccc(C)c(C)c1. The van der Waals surface area contributed by atoms with Gasteiger partial charge in [0.2, 0.25) is 0 Å². The number of benzene rings is 2. The van der Waals surface area contributed by atoms with Crippen LogP contribution in [0.5, 0.6) is 11.5 Å². The van der Waals surface area contributed by atoms with Crippen LogP contribution in [0.1, 0.15) is 21.5 Å². The van der Waals surface area contributed by atoms with Gasteiger partial charge in [-0.3, -0.25) is 4.79 Å². The molecule has 0 atom stereocenters. The third kappa shape index (κ3) is 2.74. The number of hydrogen-bond donors (Lipinski definition) is 2. The number of rotatable bonds is 3. The molecule has 104 valence electrons. The number of hydrogen-bond acceptors (Lipinski definition) is 3. The van der Waals surface area contributed by atoms with E-state index in [-0.39, 0.29) is 11.3 Å². The smallest absolute Gasteiger partial charge is 0.263 e. The number of amides is 1. The van der Waals surface area contributed by atoms with Crippen LogP contribution in [0.3, 0.4) is 0 Å². The number of anilines is 1. The van der Waals surface area contributed by atoms with Crippen molar-refractivity contribution in [3.05, 3.63) is 53.1 Å². The van der Waals surface area contributed by atoms with Crippen molar-refractivity contribution in [3.8, 4) is 11.5 Å². The second-order valence-electron chi connectivity index (χ2n) is 4.61. The molecular weight excluding hydrogens is 254 g/mol. The maximum absolute atomic E-state index is 12.3. The van der Waals surface area contributed by atoms with Crippen LogP contribution in [0.2, 0.25) is 0 Å². The minimum atomic E-state index is -0.400. The van der Waals surface area contributed by atoms with Crippen molar-refractivity contribution in [2.75, 3.05) is 12.4 Å². The molecule has 2 aromatic rings. The molecule has 0 saturated carbocycles. The highest BCUT2D eigenvalue weighted by Crippen LogP contribution is 2.28. The number of methoxy groups -OCH3 is 1. The summed E-state index contributed by atoms with van der Waals surface area (Å²) >= 11 is 0. The Labute approximate surface area is 118 Å². The number of carbonyl (C=O) groups is 1. The number of ether oxygens (including phenoxy) is 1. The molecule has 4 nitrogen and oxygen atoms in total. The fraction of sp³-hybridized carbons (Fsp3) is 0.188. The van der Waals surface area contributed by atoms with Gasteiger partial charge in [0.15, 0.2) is 0 Å². The first kappa shape index (κ1) is 13.9. The molecule has 0 unspecified atom stereocenters. The number of nitrogens with one attached hydrogen (secondary N) is 1. The summed E-state index contributed by atoms with van der Waals surface area (Å²) in [5.41, 5.74) is 3.06. The van der Waals surface area contributed by atoms with Crippen molar-refractivity contribution in [1.82, 2.24) is 0 Å². The molecule has 4 heteroatoms. The Balaban J connectivity index is 2.30. The topological polar surface area (TPSA) is 58.6 Å². The maximum Gasteiger partial charge on any atom is 0.263 e. The molecule has 2 aromatic carbocycles. The largest absolute Gasteiger partial charge is 0.507 e. The highest BCUT2D eigenvalue weighted by atomic mass is 16.5. The van der Waals surface area contributed by atoms with Crippen LogP contribution in [0, 0.1) is 13.8 Å². The molecule has 0 bridgehead atoms. The lowest BCUT2D eigenvalue weighted by atomic mass is 10.1. The Morgan fingerprint density at radius 1 is 1.15 bits per heavy atom. The van der Waals surface area contributed by atoms with Gasteiger partial charge in [0.25, 0.3) is 5.91 Å². The molecule has 0 aliphatic rings. The quantitative estimate of drug-likeness (QED) is 0.900. The third-order valence-electron chi connectivity index (χ3n) is 3.22. The highest BCUT2D eigenvalue weighted by molar-refractivity contribution is 6.08. The van der Waals surface area contributed by atoms with E-state index >= 15 is 0 Å². The van der Waals surface area contributed by atoms with E-state index in [0.29, 0.717) is 11.4 Å². The summed E-state index contributed by atoms with van der Waals surface area (Å²) < 4.78 is 5.11. The van der Waals surface area contributed by atoms with Crippen molar-refractivity contribution in [1.29, 1.82) is 0 Å². The molecule has 0 aromatic heterocycles. The maximum atomic E-state index is 12.3. The van der Waals surface area contributed by atoms with E-state index < -0.39 is 5.91 Å². The van der Waals surface area contributed by atoms with E-state index in [9.17, 15) is 9.90 Å². The van der Waals surface area contributed by atoms with Crippen LogP contribution in [-0.4, -0.2) is 18.1 Å². The predicted molar refractivity (Wildman–Crippen MR) is 78.5 cm³/mol. The van der Waals surface area contributed by atoms with Crippen molar-refractivity contribution >= 4 is 11.6 Å². The molecule has 2 rings (SSSR count). The Bertz CT molecular complexity index is 650. The molecule has 0 spiro atoms. The first-order valence-electron chi connectivity index (χ1n) is 6.27. The Morgan fingerprint density at radius 3 is 2.55 bits per heavy atom. The minimum Gasteiger partial charge on any atom is -0.507 e. The normalized spacial score (nSPS) is 10.2. The zero-order chi connectivity index (χ0) is 14.7. The van der Waals surface area contributed by atoms with Crippen LogP contribution >= 0.6 is 0 Å². The van der Waals surface area contributed by atoms with Gasteiger partial charge in [-0.25, -0.2) is 0 Å². The van der Waals surface area contributed by atoms with Gasteiger partial charge in [-0.05, 0) is 49.2 Å². The van der Waals surface area contributed by atoms with Crippen LogP contribution < -0.4 is 10.1 Å². The van der Waals surface area contributed by atoms with Gasteiger partial charge in [-0.1, -0.05) is 12.1 Å². The fourth-order valence-corrected chi connectivity index (χ4v) is 1.93. The summed E-state index contributed by atoms with van der Waals surface area (Å²) in [7, 11) is 1.46. The Kier molecular flexibility index (Phi) is 3.94. The summed E-state index contributed by atoms with van der Waals surface area (Å²) in [4.78, 5) is 12.3. The monoisotopic (exact) mass is 271 g/mol. The lowest BCUT2D eigenvalue weighted by Gasteiger charge is -2.11. The second kappa shape index (κ2) is 5.65. The van der Waals surface area contributed by atoms with Crippen molar-refractivity contribution in [2.45, 2.75) is 13.8 Å². The first-order valence-corrected chi connectivity index (χ1v) is 6.27. The van der Waals surface area contributed by atoms with E-state index in [4.69, 9.17) is 4.74 Å². The molecule has 0 radical (unpaired) electrons. The van der Waals surface area contributed by atoms with Crippen LogP contribution in [0.15, 0.2) is 36.4 Å². The Hall–Kier alpha value is -2.49. The summed E-state index contributed by atoms with van der Waals surface area (Å²) in [6, 6.07) is 10.4. The van der Waals surface area contributed by atoms with Crippen LogP contribution in [0.25, 0.3) is 0 Å². The van der Waals surface area contributed by atoms with Crippen molar-refractivity contribution < 1.29 is 14.6 Å². The minimum absolute atomic E-state index is 0.106. The molecule has 2 N–H and O–H groups in total. The van der Waals surface area contributed by atoms with Crippen molar-refractivity contribution in [2.24, 2.45) is 0 Å². The summed E-state index contributed by atoms with van der Waals surface area (Å²) in [6.07, 6.45) is 0. The van der Waals surface area contributed by atoms with Gasteiger partial charge < -0.3 is 15.2 Å².